The van der Waals surface area contributed by atoms with Crippen molar-refractivity contribution in [3.05, 3.63) is 0 Å². The van der Waals surface area contributed by atoms with Crippen LogP contribution < -0.4 is 0 Å². The van der Waals surface area contributed by atoms with E-state index in [1.165, 1.54) is 0 Å². The van der Waals surface area contributed by atoms with Crippen LogP contribution in [0.3, 0.4) is 0 Å². The van der Waals surface area contributed by atoms with Crippen LogP contribution in [0.2, 0.25) is 0 Å². The van der Waals surface area contributed by atoms with Gasteiger partial charge in [0.15, 0.2) is 0 Å². The molecule has 0 aliphatic carbocycles. The van der Waals surface area contributed by atoms with Gasteiger partial charge in [-0.15, -0.1) is 0 Å². The molecule has 1 atom stereocenters. The van der Waals surface area contributed by atoms with Crippen LogP contribution in [0.15, 0.2) is 0 Å². The molecule has 0 aromatic rings. The van der Waals surface area contributed by atoms with Crippen LogP contribution in [-0.2, 0) is 15.5 Å². The summed E-state index contributed by atoms with van der Waals surface area (Å²) in [4.78, 5) is 0. The van der Waals surface area contributed by atoms with Crippen LogP contribution in [0, 0.1) is 0 Å². The standard InChI is InChI=1S/C2H5S2.Ni/c3-1-2-4;/h1,3-4H,2H2;. The Morgan fingerprint density at radius 2 is 2.00 bits per heavy atom. The molecule has 3 heteroatoms. The molecule has 0 nitrogen and oxygen atoms in total. The predicted molar refractivity (Wildman–Crippen MR) is 26.6 cm³/mol. The molecule has 0 aromatic heterocycles. The summed E-state index contributed by atoms with van der Waals surface area (Å²) in [5, 5.41) is 0. The molecule has 0 fully saturated rings. The molecule has 0 N–H and O–H groups in total. The van der Waals surface area contributed by atoms with Crippen LogP contribution in [0.5, 0.6) is 0 Å². The number of rotatable bonds is 1. The summed E-state index contributed by atoms with van der Waals surface area (Å²) < 4.78 is 0.0679. The number of hydrogen-bond donors (Lipinski definition) is 2. The van der Waals surface area contributed by atoms with E-state index in [0.717, 1.165) is 0 Å². The number of thiol groups is 2. The van der Waals surface area contributed by atoms with Crippen molar-refractivity contribution in [2.24, 2.45) is 0 Å². The van der Waals surface area contributed by atoms with E-state index >= 15 is 0 Å². The first-order valence-corrected chi connectivity index (χ1v) is 2.88. The van der Waals surface area contributed by atoms with E-state index in [1.54, 1.807) is 0 Å². The van der Waals surface area contributed by atoms with Gasteiger partial charge in [-0.2, -0.15) is 0 Å². The van der Waals surface area contributed by atoms with Gasteiger partial charge in [-0.25, -0.2) is 0 Å². The molecule has 5 heavy (non-hydrogen) atoms. The summed E-state index contributed by atoms with van der Waals surface area (Å²) in [7, 11) is 0. The second-order valence-electron chi connectivity index (χ2n) is 0.576. The Morgan fingerprint density at radius 1 is 1.80 bits per heavy atom. The van der Waals surface area contributed by atoms with Gasteiger partial charge in [0.25, 0.3) is 0 Å². The van der Waals surface area contributed by atoms with E-state index in [2.05, 4.69) is 40.7 Å². The summed E-state index contributed by atoms with van der Waals surface area (Å²) in [6.45, 7) is 0. The summed E-state index contributed by atoms with van der Waals surface area (Å²) in [6, 6.07) is 0. The van der Waals surface area contributed by atoms with Crippen LogP contribution in [0.4, 0.5) is 0 Å². The molecule has 1 unspecified atom stereocenters. The first-order chi connectivity index (χ1) is 2.27. The fraction of sp³-hybridized carbons (Fsp3) is 1.00. The third kappa shape index (κ3) is 5.19. The quantitative estimate of drug-likeness (QED) is 0.401. The van der Waals surface area contributed by atoms with E-state index in [1.807, 2.05) is 0 Å². The van der Waals surface area contributed by atoms with Gasteiger partial charge in [0.05, 0.1) is 0 Å². The molecule has 0 spiro atoms. The van der Waals surface area contributed by atoms with E-state index in [-0.39, 0.29) is 4.22 Å². The fourth-order valence-corrected chi connectivity index (χ4v) is 0. The van der Waals surface area contributed by atoms with E-state index in [9.17, 15) is 0 Å². The molecular weight excluding hydrogens is 147 g/mol. The average Bonchev–Trinajstić information content (AvgIpc) is 1.38. The van der Waals surface area contributed by atoms with Crippen LogP contribution in [0.25, 0.3) is 0 Å². The molecule has 0 bridgehead atoms. The normalized spacial score (nSPS) is 15.2. The monoisotopic (exact) mass is 151 g/mol. The van der Waals surface area contributed by atoms with Crippen molar-refractivity contribution in [2.45, 2.75) is 4.22 Å². The van der Waals surface area contributed by atoms with Gasteiger partial charge >= 0.3 is 50.7 Å². The minimum absolute atomic E-state index is 0.0679. The van der Waals surface area contributed by atoms with Gasteiger partial charge in [0.2, 0.25) is 0 Å². The second-order valence-corrected chi connectivity index (χ2v) is 2.64. The third-order valence-corrected chi connectivity index (χ3v) is 1.45. The SMILES string of the molecule is SC[CH](S)[Ni]. The average molecular weight is 152 g/mol. The van der Waals surface area contributed by atoms with Crippen molar-refractivity contribution in [1.29, 1.82) is 0 Å². The molecule has 0 radical (unpaired) electrons. The van der Waals surface area contributed by atoms with E-state index < -0.39 is 0 Å². The van der Waals surface area contributed by atoms with Crippen LogP contribution >= 0.6 is 25.3 Å². The van der Waals surface area contributed by atoms with Gasteiger partial charge in [-0.05, 0) is 0 Å². The molecule has 0 rings (SSSR count). The second kappa shape index (κ2) is 3.39. The minimum atomic E-state index is 0.0679. The molecule has 0 heterocycles. The van der Waals surface area contributed by atoms with Gasteiger partial charge < -0.3 is 0 Å². The van der Waals surface area contributed by atoms with Crippen molar-refractivity contribution in [1.82, 2.24) is 0 Å². The molecule has 0 amide bonds. The molecule has 0 aliphatic heterocycles. The molecule has 35 valence electrons. The van der Waals surface area contributed by atoms with Gasteiger partial charge in [0, 0.05) is 0 Å². The Balaban J connectivity index is 2.54. The third-order valence-electron chi connectivity index (χ3n) is 0.139. The summed E-state index contributed by atoms with van der Waals surface area (Å²) in [5.41, 5.74) is 0. The van der Waals surface area contributed by atoms with Crippen molar-refractivity contribution in [2.75, 3.05) is 5.75 Å². The van der Waals surface area contributed by atoms with Crippen molar-refractivity contribution in [3.8, 4) is 0 Å². The summed E-state index contributed by atoms with van der Waals surface area (Å²) in [6.07, 6.45) is 0. The van der Waals surface area contributed by atoms with Gasteiger partial charge in [-0.3, -0.25) is 0 Å². The Hall–Kier alpha value is 1.19. The molecular formula is C2H5NiS2. The molecule has 0 saturated carbocycles. The van der Waals surface area contributed by atoms with E-state index in [4.69, 9.17) is 0 Å². The van der Waals surface area contributed by atoms with Gasteiger partial charge in [0.1, 0.15) is 0 Å². The summed E-state index contributed by atoms with van der Waals surface area (Å²) >= 11 is 12.0. The molecule has 0 aliphatic rings. The zero-order valence-corrected chi connectivity index (χ0v) is 5.27. The topological polar surface area (TPSA) is 0 Å². The van der Waals surface area contributed by atoms with Crippen LogP contribution in [-0.4, -0.2) is 9.97 Å². The van der Waals surface area contributed by atoms with Crippen molar-refractivity contribution >= 4 is 25.3 Å². The maximum absolute atomic E-state index is 4.31. The summed E-state index contributed by atoms with van der Waals surface area (Å²) in [5.74, 6) is 0.698. The Labute approximate surface area is 50.9 Å². The Bertz CT molecular complexity index is 21.6. The predicted octanol–water partition coefficient (Wildman–Crippen LogP) is 0.719. The van der Waals surface area contributed by atoms with Gasteiger partial charge in [-0.1, -0.05) is 0 Å². The Morgan fingerprint density at radius 3 is 2.00 bits per heavy atom. The van der Waals surface area contributed by atoms with Crippen molar-refractivity contribution < 1.29 is 15.5 Å². The molecule has 0 saturated heterocycles. The van der Waals surface area contributed by atoms with Crippen LogP contribution in [0.1, 0.15) is 0 Å². The Kier molecular flexibility index (Phi) is 4.19. The maximum atomic E-state index is 4.31. The first kappa shape index (κ1) is 6.19. The molecule has 0 aromatic carbocycles. The fourth-order valence-electron chi connectivity index (χ4n) is 0. The zero-order chi connectivity index (χ0) is 4.28. The van der Waals surface area contributed by atoms with Crippen molar-refractivity contribution in [3.63, 3.8) is 0 Å². The first-order valence-electron chi connectivity index (χ1n) is 1.17. The number of hydrogen-bond acceptors (Lipinski definition) is 2. The van der Waals surface area contributed by atoms with E-state index in [0.29, 0.717) is 5.75 Å². The zero-order valence-electron chi connectivity index (χ0n) is 2.50.